The lowest BCUT2D eigenvalue weighted by atomic mass is 10.0. The number of fused-ring (bicyclic) bond motifs is 2. The van der Waals surface area contributed by atoms with E-state index in [4.69, 9.17) is 9.72 Å². The molecule has 1 aliphatic heterocycles. The van der Waals surface area contributed by atoms with Crippen molar-refractivity contribution in [2.24, 2.45) is 0 Å². The molecule has 4 rings (SSSR count). The molecule has 158 valence electrons. The summed E-state index contributed by atoms with van der Waals surface area (Å²) in [5, 5.41) is 6.63. The number of ether oxygens (including phenoxy) is 1. The van der Waals surface area contributed by atoms with Gasteiger partial charge in [-0.1, -0.05) is 30.3 Å². The highest BCUT2D eigenvalue weighted by Crippen LogP contribution is 2.31. The largest absolute Gasteiger partial charge is 0.493 e. The number of nitrogens with one attached hydrogen (secondary N) is 2. The lowest BCUT2D eigenvalue weighted by molar-refractivity contribution is -0.123. The summed E-state index contributed by atoms with van der Waals surface area (Å²) in [7, 11) is 0. The fourth-order valence-electron chi connectivity index (χ4n) is 4.23. The molecule has 3 atom stereocenters. The van der Waals surface area contributed by atoms with E-state index in [9.17, 15) is 4.79 Å². The molecule has 0 spiro atoms. The lowest BCUT2D eigenvalue weighted by Crippen LogP contribution is -2.45. The predicted octanol–water partition coefficient (Wildman–Crippen LogP) is 4.30. The number of rotatable bonds is 6. The van der Waals surface area contributed by atoms with Gasteiger partial charge in [0.25, 0.3) is 0 Å². The summed E-state index contributed by atoms with van der Waals surface area (Å²) in [6.45, 7) is 8.89. The number of amides is 1. The monoisotopic (exact) mass is 406 g/mol. The van der Waals surface area contributed by atoms with Crippen LogP contribution in [0.2, 0.25) is 0 Å². The topological polar surface area (TPSA) is 68.2 Å². The number of carbonyl (C=O) groups excluding carboxylic acids is 1. The summed E-state index contributed by atoms with van der Waals surface area (Å²) in [5.41, 5.74) is 3.14. The van der Waals surface area contributed by atoms with E-state index in [1.54, 1.807) is 0 Å². The normalized spacial score (nSPS) is 18.0. The highest BCUT2D eigenvalue weighted by atomic mass is 16.5. The first-order valence-electron chi connectivity index (χ1n) is 10.7. The van der Waals surface area contributed by atoms with E-state index in [0.717, 1.165) is 34.6 Å². The standard InChI is InChI=1S/C24H30N4O2/c1-15(2)28-21-11-7-6-10-20(21)26-23(28)16(3)25-17(4)24(29)27-19-13-14-30-22-12-8-5-9-18(19)22/h5-12,15-17,19,25H,13-14H2,1-4H3,(H,27,29)/t16-,17-,19+/m0/s1. The molecule has 0 bridgehead atoms. The highest BCUT2D eigenvalue weighted by Gasteiger charge is 2.26. The van der Waals surface area contributed by atoms with Gasteiger partial charge in [-0.2, -0.15) is 0 Å². The Morgan fingerprint density at radius 3 is 2.63 bits per heavy atom. The van der Waals surface area contributed by atoms with Gasteiger partial charge in [-0.15, -0.1) is 0 Å². The summed E-state index contributed by atoms with van der Waals surface area (Å²) in [6.07, 6.45) is 0.772. The van der Waals surface area contributed by atoms with Crippen LogP contribution in [0.25, 0.3) is 11.0 Å². The Morgan fingerprint density at radius 2 is 1.83 bits per heavy atom. The minimum Gasteiger partial charge on any atom is -0.493 e. The number of hydrogen-bond donors (Lipinski definition) is 2. The van der Waals surface area contributed by atoms with Crippen LogP contribution in [-0.2, 0) is 4.79 Å². The van der Waals surface area contributed by atoms with E-state index in [1.807, 2.05) is 49.4 Å². The summed E-state index contributed by atoms with van der Waals surface area (Å²) < 4.78 is 7.95. The van der Waals surface area contributed by atoms with Gasteiger partial charge in [-0.3, -0.25) is 10.1 Å². The summed E-state index contributed by atoms with van der Waals surface area (Å²) >= 11 is 0. The SMILES string of the molecule is CC(C)n1c([C@H](C)N[C@@H](C)C(=O)N[C@@H]2CCOc3ccccc32)nc2ccccc21. The Bertz CT molecular complexity index is 1040. The Balaban J connectivity index is 1.48. The Morgan fingerprint density at radius 1 is 1.10 bits per heavy atom. The fraction of sp³-hybridized carbons (Fsp3) is 0.417. The molecule has 0 unspecified atom stereocenters. The molecule has 3 aromatic rings. The summed E-state index contributed by atoms with van der Waals surface area (Å²) in [4.78, 5) is 17.8. The van der Waals surface area contributed by atoms with Gasteiger partial charge >= 0.3 is 0 Å². The van der Waals surface area contributed by atoms with Crippen molar-refractivity contribution in [2.75, 3.05) is 6.61 Å². The van der Waals surface area contributed by atoms with Crippen molar-refractivity contribution in [3.8, 4) is 5.75 Å². The van der Waals surface area contributed by atoms with Crippen LogP contribution in [0, 0.1) is 0 Å². The van der Waals surface area contributed by atoms with Gasteiger partial charge in [0.1, 0.15) is 11.6 Å². The van der Waals surface area contributed by atoms with Crippen molar-refractivity contribution >= 4 is 16.9 Å². The molecular weight excluding hydrogens is 376 g/mol. The molecule has 2 aromatic carbocycles. The molecular formula is C24H30N4O2. The summed E-state index contributed by atoms with van der Waals surface area (Å²) in [6, 6.07) is 15.9. The number of benzene rings is 2. The number of para-hydroxylation sites is 3. The molecule has 2 heterocycles. The zero-order chi connectivity index (χ0) is 21.3. The zero-order valence-electron chi connectivity index (χ0n) is 18.1. The van der Waals surface area contributed by atoms with Crippen molar-refractivity contribution in [3.05, 3.63) is 59.9 Å². The molecule has 30 heavy (non-hydrogen) atoms. The fourth-order valence-corrected chi connectivity index (χ4v) is 4.23. The Hall–Kier alpha value is -2.86. The van der Waals surface area contributed by atoms with Crippen LogP contribution in [-0.4, -0.2) is 28.1 Å². The van der Waals surface area contributed by atoms with Gasteiger partial charge in [0.05, 0.1) is 35.8 Å². The number of hydrogen-bond acceptors (Lipinski definition) is 4. The van der Waals surface area contributed by atoms with Crippen LogP contribution in [0.3, 0.4) is 0 Å². The smallest absolute Gasteiger partial charge is 0.237 e. The zero-order valence-corrected chi connectivity index (χ0v) is 18.1. The van der Waals surface area contributed by atoms with Gasteiger partial charge in [0.15, 0.2) is 0 Å². The van der Waals surface area contributed by atoms with Crippen LogP contribution in [0.15, 0.2) is 48.5 Å². The molecule has 0 saturated heterocycles. The first-order valence-corrected chi connectivity index (χ1v) is 10.7. The number of carbonyl (C=O) groups is 1. The van der Waals surface area contributed by atoms with Crippen LogP contribution in [0.5, 0.6) is 5.75 Å². The van der Waals surface area contributed by atoms with Gasteiger partial charge in [0.2, 0.25) is 5.91 Å². The van der Waals surface area contributed by atoms with E-state index in [0.29, 0.717) is 6.61 Å². The van der Waals surface area contributed by atoms with Crippen LogP contribution >= 0.6 is 0 Å². The number of imidazole rings is 1. The maximum Gasteiger partial charge on any atom is 0.237 e. The Labute approximate surface area is 177 Å². The van der Waals surface area contributed by atoms with E-state index in [-0.39, 0.29) is 30.1 Å². The quantitative estimate of drug-likeness (QED) is 0.641. The average molecular weight is 407 g/mol. The third-order valence-electron chi connectivity index (χ3n) is 5.70. The second-order valence-corrected chi connectivity index (χ2v) is 8.27. The van der Waals surface area contributed by atoms with Crippen LogP contribution in [0.4, 0.5) is 0 Å². The van der Waals surface area contributed by atoms with E-state index in [2.05, 4.69) is 42.0 Å². The second-order valence-electron chi connectivity index (χ2n) is 8.27. The maximum absolute atomic E-state index is 12.9. The molecule has 1 aliphatic rings. The predicted molar refractivity (Wildman–Crippen MR) is 119 cm³/mol. The van der Waals surface area contributed by atoms with Gasteiger partial charge in [-0.25, -0.2) is 4.98 Å². The van der Waals surface area contributed by atoms with E-state index >= 15 is 0 Å². The van der Waals surface area contributed by atoms with Crippen LogP contribution < -0.4 is 15.4 Å². The number of nitrogens with zero attached hydrogens (tertiary/aromatic N) is 2. The van der Waals surface area contributed by atoms with Gasteiger partial charge in [-0.05, 0) is 45.9 Å². The highest BCUT2D eigenvalue weighted by molar-refractivity contribution is 5.82. The molecule has 0 radical (unpaired) electrons. The van der Waals surface area contributed by atoms with Crippen molar-refractivity contribution in [1.29, 1.82) is 0 Å². The molecule has 0 fully saturated rings. The van der Waals surface area contributed by atoms with Gasteiger partial charge < -0.3 is 14.6 Å². The molecule has 1 amide bonds. The van der Waals surface area contributed by atoms with Gasteiger partial charge in [0, 0.05) is 18.0 Å². The number of aromatic nitrogens is 2. The summed E-state index contributed by atoms with van der Waals surface area (Å²) in [5.74, 6) is 1.78. The third kappa shape index (κ3) is 3.92. The molecule has 0 aliphatic carbocycles. The third-order valence-corrected chi connectivity index (χ3v) is 5.70. The minimum absolute atomic E-state index is 0.0178. The minimum atomic E-state index is -0.351. The molecule has 6 nitrogen and oxygen atoms in total. The first kappa shape index (κ1) is 20.4. The molecule has 2 N–H and O–H groups in total. The van der Waals surface area contributed by atoms with Crippen LogP contribution in [0.1, 0.15) is 63.6 Å². The van der Waals surface area contributed by atoms with Crippen molar-refractivity contribution in [2.45, 2.75) is 58.3 Å². The average Bonchev–Trinajstić information content (AvgIpc) is 3.14. The van der Waals surface area contributed by atoms with Crippen molar-refractivity contribution < 1.29 is 9.53 Å². The first-order chi connectivity index (χ1) is 14.5. The lowest BCUT2D eigenvalue weighted by Gasteiger charge is -2.28. The molecule has 6 heteroatoms. The molecule has 1 aromatic heterocycles. The molecule has 0 saturated carbocycles. The van der Waals surface area contributed by atoms with Crippen molar-refractivity contribution in [1.82, 2.24) is 20.2 Å². The Kier molecular flexibility index (Phi) is 5.77. The maximum atomic E-state index is 12.9. The second kappa shape index (κ2) is 8.48. The van der Waals surface area contributed by atoms with Crippen molar-refractivity contribution in [3.63, 3.8) is 0 Å². The van der Waals surface area contributed by atoms with E-state index < -0.39 is 0 Å². The van der Waals surface area contributed by atoms with E-state index in [1.165, 1.54) is 0 Å².